The number of allylic oxidation sites excluding steroid dienone is 4. The third-order valence-corrected chi connectivity index (χ3v) is 1.79. The first-order valence-electron chi connectivity index (χ1n) is 3.65. The molecule has 0 bridgehead atoms. The Labute approximate surface area is 66.0 Å². The third-order valence-electron chi connectivity index (χ3n) is 1.79. The molecular weight excluding hydrogens is 136 g/mol. The summed E-state index contributed by atoms with van der Waals surface area (Å²) in [6, 6.07) is 0. The van der Waals surface area contributed by atoms with Gasteiger partial charge in [0.25, 0.3) is 0 Å². The number of nitrogens with two attached hydrogens (primary N) is 1. The maximum Gasteiger partial charge on any atom is 0.0480 e. The van der Waals surface area contributed by atoms with Gasteiger partial charge < -0.3 is 10.6 Å². The van der Waals surface area contributed by atoms with Crippen molar-refractivity contribution in [2.75, 3.05) is 6.54 Å². The Morgan fingerprint density at radius 1 is 1.36 bits per heavy atom. The Kier molecular flexibility index (Phi) is 1.32. The monoisotopic (exact) mass is 146 g/mol. The van der Waals surface area contributed by atoms with Gasteiger partial charge in [-0.25, -0.2) is 0 Å². The van der Waals surface area contributed by atoms with Crippen molar-refractivity contribution in [3.8, 4) is 0 Å². The maximum atomic E-state index is 5.62. The van der Waals surface area contributed by atoms with Crippen LogP contribution in [0, 0.1) is 0 Å². The fraction of sp³-hybridized carbons (Fsp3) is 0.111. The minimum absolute atomic E-state index is 0.817. The predicted octanol–water partition coefficient (Wildman–Crippen LogP) is 1.11. The normalized spacial score (nSPS) is 20.9. The number of hydrogen-bond acceptors (Lipinski definition) is 2. The van der Waals surface area contributed by atoms with Crippen LogP contribution in [0.4, 0.5) is 0 Å². The Hall–Kier alpha value is -1.44. The fourth-order valence-corrected chi connectivity index (χ4v) is 1.23. The Balaban J connectivity index is 2.33. The van der Waals surface area contributed by atoms with Crippen LogP contribution in [0.5, 0.6) is 0 Å². The summed E-state index contributed by atoms with van der Waals surface area (Å²) in [5.74, 6) is 0. The molecule has 0 radical (unpaired) electrons. The van der Waals surface area contributed by atoms with Gasteiger partial charge in [-0.1, -0.05) is 12.2 Å². The van der Waals surface area contributed by atoms with E-state index in [1.165, 1.54) is 5.70 Å². The first-order chi connectivity index (χ1) is 5.36. The first-order valence-corrected chi connectivity index (χ1v) is 3.65. The molecule has 0 fully saturated rings. The Morgan fingerprint density at radius 3 is 3.18 bits per heavy atom. The van der Waals surface area contributed by atoms with E-state index in [9.17, 15) is 0 Å². The fourth-order valence-electron chi connectivity index (χ4n) is 1.23. The largest absolute Gasteiger partial charge is 0.398 e. The van der Waals surface area contributed by atoms with Gasteiger partial charge in [0.05, 0.1) is 0 Å². The van der Waals surface area contributed by atoms with E-state index < -0.39 is 0 Å². The van der Waals surface area contributed by atoms with Gasteiger partial charge in [0.2, 0.25) is 0 Å². The summed E-state index contributed by atoms with van der Waals surface area (Å²) < 4.78 is 0. The van der Waals surface area contributed by atoms with Crippen molar-refractivity contribution in [2.24, 2.45) is 5.73 Å². The van der Waals surface area contributed by atoms with Crippen molar-refractivity contribution in [2.45, 2.75) is 0 Å². The topological polar surface area (TPSA) is 29.3 Å². The first kappa shape index (κ1) is 6.28. The molecule has 0 amide bonds. The van der Waals surface area contributed by atoms with E-state index in [0.29, 0.717) is 0 Å². The van der Waals surface area contributed by atoms with E-state index >= 15 is 0 Å². The molecule has 0 saturated carbocycles. The molecule has 0 aliphatic carbocycles. The molecule has 2 rings (SSSR count). The average molecular weight is 146 g/mol. The highest BCUT2D eigenvalue weighted by Gasteiger charge is 2.08. The molecule has 0 aromatic rings. The Bertz CT molecular complexity index is 282. The number of nitrogens with zero attached hydrogens (tertiary/aromatic N) is 1. The highest BCUT2D eigenvalue weighted by molar-refractivity contribution is 5.36. The van der Waals surface area contributed by atoms with Crippen LogP contribution in [0.1, 0.15) is 0 Å². The lowest BCUT2D eigenvalue weighted by Crippen LogP contribution is -2.21. The molecular formula is C9H10N2. The highest BCUT2D eigenvalue weighted by Crippen LogP contribution is 2.16. The van der Waals surface area contributed by atoms with Gasteiger partial charge in [-0.3, -0.25) is 0 Å². The van der Waals surface area contributed by atoms with Gasteiger partial charge in [0.15, 0.2) is 0 Å². The standard InChI is InChI=1S/C9H10N2/c10-8-4-5-9-3-1-2-6-11(9)7-8/h1-5,7H,6,10H2. The molecule has 11 heavy (non-hydrogen) atoms. The summed E-state index contributed by atoms with van der Waals surface area (Å²) in [5, 5.41) is 0. The van der Waals surface area contributed by atoms with Crippen molar-refractivity contribution in [3.63, 3.8) is 0 Å². The van der Waals surface area contributed by atoms with E-state index in [1.54, 1.807) is 0 Å². The molecule has 0 aromatic carbocycles. The van der Waals surface area contributed by atoms with Crippen LogP contribution in [0.15, 0.2) is 48.0 Å². The summed E-state index contributed by atoms with van der Waals surface area (Å²) in [7, 11) is 0. The van der Waals surface area contributed by atoms with Crippen LogP contribution in [0.25, 0.3) is 0 Å². The summed E-state index contributed by atoms with van der Waals surface area (Å²) >= 11 is 0. The maximum absolute atomic E-state index is 5.62. The quantitative estimate of drug-likeness (QED) is 0.554. The summed E-state index contributed by atoms with van der Waals surface area (Å²) in [6.07, 6.45) is 12.1. The summed E-state index contributed by atoms with van der Waals surface area (Å²) in [4.78, 5) is 2.12. The lowest BCUT2D eigenvalue weighted by Gasteiger charge is -2.25. The average Bonchev–Trinajstić information content (AvgIpc) is 2.04. The molecule has 0 spiro atoms. The number of hydrogen-bond donors (Lipinski definition) is 1. The lowest BCUT2D eigenvalue weighted by atomic mass is 10.2. The van der Waals surface area contributed by atoms with E-state index in [1.807, 2.05) is 18.4 Å². The second-order valence-electron chi connectivity index (χ2n) is 2.63. The minimum atomic E-state index is 0.817. The molecule has 0 aromatic heterocycles. The second kappa shape index (κ2) is 2.31. The summed E-state index contributed by atoms with van der Waals surface area (Å²) in [6.45, 7) is 0.927. The van der Waals surface area contributed by atoms with Crippen LogP contribution in [-0.4, -0.2) is 11.4 Å². The predicted molar refractivity (Wildman–Crippen MR) is 45.3 cm³/mol. The molecule has 2 heterocycles. The molecule has 2 aliphatic heterocycles. The minimum Gasteiger partial charge on any atom is -0.398 e. The zero-order chi connectivity index (χ0) is 7.68. The SMILES string of the molecule is NC1=CN2CC=CC=C2C=C1. The zero-order valence-corrected chi connectivity index (χ0v) is 6.20. The van der Waals surface area contributed by atoms with E-state index in [2.05, 4.69) is 23.1 Å². The molecule has 0 unspecified atom stereocenters. The zero-order valence-electron chi connectivity index (χ0n) is 6.20. The summed E-state index contributed by atoms with van der Waals surface area (Å²) in [5.41, 5.74) is 7.65. The van der Waals surface area contributed by atoms with Crippen molar-refractivity contribution in [1.82, 2.24) is 4.90 Å². The lowest BCUT2D eigenvalue weighted by molar-refractivity contribution is 0.518. The van der Waals surface area contributed by atoms with Crippen LogP contribution < -0.4 is 5.73 Å². The molecule has 2 N–H and O–H groups in total. The molecule has 0 atom stereocenters. The number of rotatable bonds is 0. The molecule has 2 aliphatic rings. The van der Waals surface area contributed by atoms with Gasteiger partial charge in [0, 0.05) is 24.1 Å². The van der Waals surface area contributed by atoms with E-state index in [-0.39, 0.29) is 0 Å². The van der Waals surface area contributed by atoms with Crippen molar-refractivity contribution < 1.29 is 0 Å². The van der Waals surface area contributed by atoms with E-state index in [0.717, 1.165) is 12.2 Å². The molecule has 2 nitrogen and oxygen atoms in total. The molecule has 56 valence electrons. The van der Waals surface area contributed by atoms with Crippen LogP contribution >= 0.6 is 0 Å². The van der Waals surface area contributed by atoms with Crippen LogP contribution in [0.2, 0.25) is 0 Å². The van der Waals surface area contributed by atoms with Crippen LogP contribution in [0.3, 0.4) is 0 Å². The highest BCUT2D eigenvalue weighted by atomic mass is 15.1. The molecule has 0 saturated heterocycles. The van der Waals surface area contributed by atoms with Gasteiger partial charge >= 0.3 is 0 Å². The third kappa shape index (κ3) is 1.07. The Morgan fingerprint density at radius 2 is 2.27 bits per heavy atom. The number of fused-ring (bicyclic) bond motifs is 1. The van der Waals surface area contributed by atoms with Crippen molar-refractivity contribution in [1.29, 1.82) is 0 Å². The van der Waals surface area contributed by atoms with Crippen molar-refractivity contribution >= 4 is 0 Å². The van der Waals surface area contributed by atoms with Gasteiger partial charge in [-0.05, 0) is 18.2 Å². The van der Waals surface area contributed by atoms with Gasteiger partial charge in [0.1, 0.15) is 0 Å². The van der Waals surface area contributed by atoms with Crippen LogP contribution in [-0.2, 0) is 0 Å². The smallest absolute Gasteiger partial charge is 0.0480 e. The van der Waals surface area contributed by atoms with Crippen molar-refractivity contribution in [3.05, 3.63) is 48.0 Å². The molecule has 2 heteroatoms. The van der Waals surface area contributed by atoms with E-state index in [4.69, 9.17) is 5.73 Å². The van der Waals surface area contributed by atoms with Gasteiger partial charge in [-0.15, -0.1) is 0 Å². The second-order valence-corrected chi connectivity index (χ2v) is 2.63. The van der Waals surface area contributed by atoms with Gasteiger partial charge in [-0.2, -0.15) is 0 Å².